The molecule has 0 saturated heterocycles. The van der Waals surface area contributed by atoms with Crippen molar-refractivity contribution in [1.82, 2.24) is 0 Å². The molecule has 0 heterocycles. The van der Waals surface area contributed by atoms with Crippen LogP contribution in [0.3, 0.4) is 0 Å². The lowest BCUT2D eigenvalue weighted by Crippen LogP contribution is -2.02. The molecule has 0 radical (unpaired) electrons. The lowest BCUT2D eigenvalue weighted by Gasteiger charge is -2.13. The average molecular weight is 699 g/mol. The van der Waals surface area contributed by atoms with Crippen molar-refractivity contribution in [1.29, 1.82) is 0 Å². The molecule has 0 fully saturated rings. The van der Waals surface area contributed by atoms with E-state index < -0.39 is 0 Å². The van der Waals surface area contributed by atoms with Gasteiger partial charge in [-0.05, 0) is 38.5 Å². The van der Waals surface area contributed by atoms with Gasteiger partial charge in [0.2, 0.25) is 0 Å². The highest BCUT2D eigenvalue weighted by Crippen LogP contribution is 2.29. The average Bonchev–Trinajstić information content (AvgIpc) is 2.89. The maximum absolute atomic E-state index is 6.10. The van der Waals surface area contributed by atoms with Crippen molar-refractivity contribution < 1.29 is 14.2 Å². The van der Waals surface area contributed by atoms with Gasteiger partial charge in [-0.25, -0.2) is 0 Å². The predicted octanol–water partition coefficient (Wildman–Crippen LogP) is 11.0. The Labute approximate surface area is 247 Å². The van der Waals surface area contributed by atoms with E-state index in [-0.39, 0.29) is 0 Å². The van der Waals surface area contributed by atoms with Crippen molar-refractivity contribution in [3.63, 3.8) is 0 Å². The predicted molar refractivity (Wildman–Crippen MR) is 167 cm³/mol. The summed E-state index contributed by atoms with van der Waals surface area (Å²) >= 11 is 10.5. The van der Waals surface area contributed by atoms with Crippen molar-refractivity contribution in [2.75, 3.05) is 35.8 Å². The fourth-order valence-corrected chi connectivity index (χ4v) is 5.27. The van der Waals surface area contributed by atoms with Crippen LogP contribution < -0.4 is 14.2 Å². The summed E-state index contributed by atoms with van der Waals surface area (Å²) in [4.78, 5) is 0. The van der Waals surface area contributed by atoms with Crippen LogP contribution in [0.25, 0.3) is 0 Å². The minimum Gasteiger partial charge on any atom is -0.493 e. The Balaban J connectivity index is 2.40. The van der Waals surface area contributed by atoms with Gasteiger partial charge in [0.15, 0.2) is 0 Å². The Bertz CT molecular complexity index is 508. The van der Waals surface area contributed by atoms with Gasteiger partial charge in [-0.15, -0.1) is 0 Å². The van der Waals surface area contributed by atoms with Crippen LogP contribution in [0.1, 0.15) is 116 Å². The molecule has 0 aliphatic heterocycles. The minimum atomic E-state index is 0.754. The van der Waals surface area contributed by atoms with Crippen LogP contribution in [0, 0.1) is 0 Å². The highest BCUT2D eigenvalue weighted by atomic mass is 79.9. The van der Waals surface area contributed by atoms with E-state index in [0.717, 1.165) is 72.3 Å². The van der Waals surface area contributed by atoms with Crippen LogP contribution in [0.5, 0.6) is 17.2 Å². The van der Waals surface area contributed by atoms with E-state index in [9.17, 15) is 0 Å². The lowest BCUT2D eigenvalue weighted by molar-refractivity contribution is 0.276. The monoisotopic (exact) mass is 696 g/mol. The number of halogens is 3. The molecular formula is C30H51Br3O3. The summed E-state index contributed by atoms with van der Waals surface area (Å²) in [6, 6.07) is 6.09. The van der Waals surface area contributed by atoms with Gasteiger partial charge in [0.25, 0.3) is 0 Å². The first kappa shape index (κ1) is 34.1. The fourth-order valence-electron chi connectivity index (χ4n) is 4.08. The standard InChI is InChI=1S/C30H51Br3O3/c31-19-13-7-1-4-10-16-22-34-28-25-29(35-23-17-11-5-2-8-14-20-32)27-30(26-28)36-24-18-12-6-3-9-15-21-33/h25-27H,1-24H2. The molecule has 210 valence electrons. The summed E-state index contributed by atoms with van der Waals surface area (Å²) in [5.74, 6) is 2.60. The number of alkyl halides is 3. The summed E-state index contributed by atoms with van der Waals surface area (Å²) in [7, 11) is 0. The summed E-state index contributed by atoms with van der Waals surface area (Å²) in [6.45, 7) is 2.26. The van der Waals surface area contributed by atoms with Crippen LogP contribution in [-0.4, -0.2) is 35.8 Å². The fraction of sp³-hybridized carbons (Fsp3) is 0.800. The SMILES string of the molecule is BrCCCCCCCCOc1cc(OCCCCCCCCBr)cc(OCCCCCCCCBr)c1. The Morgan fingerprint density at radius 2 is 0.556 bits per heavy atom. The summed E-state index contributed by atoms with van der Waals surface area (Å²) in [5, 5.41) is 3.36. The Morgan fingerprint density at radius 1 is 0.333 bits per heavy atom. The van der Waals surface area contributed by atoms with Crippen LogP contribution in [0.2, 0.25) is 0 Å². The molecule has 0 atom stereocenters. The summed E-state index contributed by atoms with van der Waals surface area (Å²) < 4.78 is 18.3. The molecule has 0 N–H and O–H groups in total. The molecule has 1 aromatic rings. The third-order valence-electron chi connectivity index (χ3n) is 6.24. The van der Waals surface area contributed by atoms with Gasteiger partial charge >= 0.3 is 0 Å². The van der Waals surface area contributed by atoms with E-state index in [1.807, 2.05) is 18.2 Å². The Hall–Kier alpha value is 0.0600. The first-order chi connectivity index (χ1) is 17.8. The molecule has 0 aromatic heterocycles. The first-order valence-corrected chi connectivity index (χ1v) is 17.9. The van der Waals surface area contributed by atoms with Crippen LogP contribution >= 0.6 is 47.8 Å². The van der Waals surface area contributed by atoms with Gasteiger partial charge in [-0.2, -0.15) is 0 Å². The van der Waals surface area contributed by atoms with E-state index in [1.54, 1.807) is 0 Å². The quantitative estimate of drug-likeness (QED) is 0.0676. The number of benzene rings is 1. The zero-order chi connectivity index (χ0) is 25.9. The highest BCUT2D eigenvalue weighted by Gasteiger charge is 2.06. The molecule has 1 rings (SSSR count). The zero-order valence-corrected chi connectivity index (χ0v) is 27.3. The molecule has 3 nitrogen and oxygen atoms in total. The number of unbranched alkanes of at least 4 members (excludes halogenated alkanes) is 15. The Kier molecular flexibility index (Phi) is 25.2. The molecule has 36 heavy (non-hydrogen) atoms. The second-order valence-electron chi connectivity index (χ2n) is 9.62. The van der Waals surface area contributed by atoms with E-state index in [0.29, 0.717) is 0 Å². The van der Waals surface area contributed by atoms with Crippen LogP contribution in [0.4, 0.5) is 0 Å². The van der Waals surface area contributed by atoms with Gasteiger partial charge in [-0.3, -0.25) is 0 Å². The third kappa shape index (κ3) is 21.0. The molecule has 0 saturated carbocycles. The van der Waals surface area contributed by atoms with E-state index >= 15 is 0 Å². The highest BCUT2D eigenvalue weighted by molar-refractivity contribution is 9.09. The van der Waals surface area contributed by atoms with Crippen molar-refractivity contribution in [3.05, 3.63) is 18.2 Å². The number of hydrogen-bond acceptors (Lipinski definition) is 3. The molecule has 6 heteroatoms. The van der Waals surface area contributed by atoms with Crippen molar-refractivity contribution >= 4 is 47.8 Å². The molecule has 0 bridgehead atoms. The second kappa shape index (κ2) is 26.7. The third-order valence-corrected chi connectivity index (χ3v) is 7.93. The second-order valence-corrected chi connectivity index (χ2v) is 12.0. The number of ether oxygens (including phenoxy) is 3. The van der Waals surface area contributed by atoms with Gasteiger partial charge in [0.1, 0.15) is 17.2 Å². The van der Waals surface area contributed by atoms with E-state index in [4.69, 9.17) is 14.2 Å². The molecule has 0 amide bonds. The van der Waals surface area contributed by atoms with Crippen molar-refractivity contribution in [2.24, 2.45) is 0 Å². The first-order valence-electron chi connectivity index (χ1n) is 14.5. The molecule has 0 spiro atoms. The van der Waals surface area contributed by atoms with Gasteiger partial charge in [-0.1, -0.05) is 125 Å². The maximum atomic E-state index is 6.10. The lowest BCUT2D eigenvalue weighted by atomic mass is 10.1. The van der Waals surface area contributed by atoms with E-state index in [2.05, 4.69) is 47.8 Å². The van der Waals surface area contributed by atoms with Gasteiger partial charge in [0.05, 0.1) is 19.8 Å². The molecule has 0 aliphatic carbocycles. The molecule has 0 unspecified atom stereocenters. The number of hydrogen-bond donors (Lipinski definition) is 0. The summed E-state index contributed by atoms with van der Waals surface area (Å²) in [6.07, 6.45) is 22.6. The summed E-state index contributed by atoms with van der Waals surface area (Å²) in [5.41, 5.74) is 0. The largest absolute Gasteiger partial charge is 0.493 e. The van der Waals surface area contributed by atoms with Crippen molar-refractivity contribution in [3.8, 4) is 17.2 Å². The maximum Gasteiger partial charge on any atom is 0.126 e. The smallest absolute Gasteiger partial charge is 0.126 e. The molecule has 1 aromatic carbocycles. The number of rotatable bonds is 27. The van der Waals surface area contributed by atoms with Gasteiger partial charge in [0, 0.05) is 34.2 Å². The molecule has 0 aliphatic rings. The van der Waals surface area contributed by atoms with Crippen molar-refractivity contribution in [2.45, 2.75) is 116 Å². The van der Waals surface area contributed by atoms with Crippen LogP contribution in [0.15, 0.2) is 18.2 Å². The van der Waals surface area contributed by atoms with Crippen LogP contribution in [-0.2, 0) is 0 Å². The minimum absolute atomic E-state index is 0.754. The normalized spacial score (nSPS) is 11.1. The van der Waals surface area contributed by atoms with E-state index in [1.165, 1.54) is 96.3 Å². The topological polar surface area (TPSA) is 27.7 Å². The Morgan fingerprint density at radius 3 is 0.806 bits per heavy atom. The van der Waals surface area contributed by atoms with Gasteiger partial charge < -0.3 is 14.2 Å². The zero-order valence-electron chi connectivity index (χ0n) is 22.6. The molecular weight excluding hydrogens is 648 g/mol.